The Bertz CT molecular complexity index is 166. The monoisotopic (exact) mass is 193 g/mol. The number of carbonyl (C=O) groups excluding carboxylic acids is 1. The van der Waals surface area contributed by atoms with Gasteiger partial charge in [0, 0.05) is 13.1 Å². The lowest BCUT2D eigenvalue weighted by Crippen LogP contribution is -2.52. The van der Waals surface area contributed by atoms with Crippen LogP contribution in [0.15, 0.2) is 0 Å². The van der Waals surface area contributed by atoms with E-state index >= 15 is 0 Å². The fraction of sp³-hybridized carbons (Fsp3) is 0.875. The van der Waals surface area contributed by atoms with Crippen LogP contribution < -0.4 is 5.32 Å². The summed E-state index contributed by atoms with van der Waals surface area (Å²) in [6.45, 7) is 5.74. The van der Waals surface area contributed by atoms with Gasteiger partial charge in [0.25, 0.3) is 0 Å². The highest BCUT2D eigenvalue weighted by atomic mass is 35.5. The molecule has 0 spiro atoms. The molecule has 1 N–H and O–H groups in total. The Balaban J connectivity index is 0.00000121. The van der Waals surface area contributed by atoms with Crippen LogP contribution in [0.4, 0.5) is 0 Å². The van der Waals surface area contributed by atoms with Crippen LogP contribution >= 0.6 is 12.4 Å². The van der Waals surface area contributed by atoms with Crippen molar-refractivity contribution < 1.29 is 9.53 Å². The summed E-state index contributed by atoms with van der Waals surface area (Å²) in [5.41, 5.74) is -0.319. The van der Waals surface area contributed by atoms with Gasteiger partial charge in [0.15, 0.2) is 0 Å². The predicted octanol–water partition coefficient (Wildman–Crippen LogP) is 0.827. The van der Waals surface area contributed by atoms with Crippen LogP contribution in [0.2, 0.25) is 0 Å². The quantitative estimate of drug-likeness (QED) is 0.661. The normalized spacial score (nSPS) is 17.6. The first kappa shape index (κ1) is 11.7. The zero-order valence-electron chi connectivity index (χ0n) is 7.72. The van der Waals surface area contributed by atoms with Crippen molar-refractivity contribution in [2.24, 2.45) is 11.3 Å². The van der Waals surface area contributed by atoms with Gasteiger partial charge >= 0.3 is 5.97 Å². The Morgan fingerprint density at radius 3 is 2.25 bits per heavy atom. The molecule has 0 aliphatic carbocycles. The maximum atomic E-state index is 11.2. The maximum Gasteiger partial charge on any atom is 0.311 e. The van der Waals surface area contributed by atoms with Crippen LogP contribution in [0.3, 0.4) is 0 Å². The Morgan fingerprint density at radius 2 is 2.00 bits per heavy atom. The van der Waals surface area contributed by atoms with Gasteiger partial charge in [-0.1, -0.05) is 0 Å². The third-order valence-corrected chi connectivity index (χ3v) is 2.51. The van der Waals surface area contributed by atoms with E-state index < -0.39 is 0 Å². The molecule has 4 heteroatoms. The summed E-state index contributed by atoms with van der Waals surface area (Å²) in [6, 6.07) is 0. The number of ether oxygens (including phenoxy) is 1. The smallest absolute Gasteiger partial charge is 0.311 e. The highest BCUT2D eigenvalue weighted by Gasteiger charge is 2.40. The Morgan fingerprint density at radius 1 is 1.50 bits per heavy atom. The van der Waals surface area contributed by atoms with E-state index in [1.165, 1.54) is 7.11 Å². The third-order valence-electron chi connectivity index (χ3n) is 2.51. The molecule has 0 amide bonds. The Hall–Kier alpha value is -0.280. The van der Waals surface area contributed by atoms with Gasteiger partial charge in [0.1, 0.15) is 0 Å². The van der Waals surface area contributed by atoms with Gasteiger partial charge in [-0.15, -0.1) is 12.4 Å². The van der Waals surface area contributed by atoms with Crippen molar-refractivity contribution >= 4 is 18.4 Å². The summed E-state index contributed by atoms with van der Waals surface area (Å²) in [5.74, 6) is 0.332. The topological polar surface area (TPSA) is 38.3 Å². The fourth-order valence-corrected chi connectivity index (χ4v) is 1.23. The van der Waals surface area contributed by atoms with Crippen LogP contribution in [0.5, 0.6) is 0 Å². The lowest BCUT2D eigenvalue weighted by Gasteiger charge is -2.38. The lowest BCUT2D eigenvalue weighted by molar-refractivity contribution is -0.155. The summed E-state index contributed by atoms with van der Waals surface area (Å²) in [4.78, 5) is 11.2. The van der Waals surface area contributed by atoms with Crippen LogP contribution in [-0.2, 0) is 9.53 Å². The first-order chi connectivity index (χ1) is 5.09. The second-order valence-electron chi connectivity index (χ2n) is 3.57. The lowest BCUT2D eigenvalue weighted by atomic mass is 9.75. The maximum absolute atomic E-state index is 11.2. The van der Waals surface area contributed by atoms with Crippen LogP contribution in [0.1, 0.15) is 13.8 Å². The Kier molecular flexibility index (Phi) is 4.00. The number of nitrogens with one attached hydrogen (secondary N) is 1. The highest BCUT2D eigenvalue weighted by molar-refractivity contribution is 5.85. The molecule has 1 saturated heterocycles. The average molecular weight is 194 g/mol. The molecule has 0 unspecified atom stereocenters. The summed E-state index contributed by atoms with van der Waals surface area (Å²) >= 11 is 0. The minimum Gasteiger partial charge on any atom is -0.469 e. The van der Waals surface area contributed by atoms with E-state index in [0.717, 1.165) is 13.1 Å². The van der Waals surface area contributed by atoms with Crippen LogP contribution in [-0.4, -0.2) is 26.2 Å². The summed E-state index contributed by atoms with van der Waals surface area (Å²) < 4.78 is 4.71. The number of hydrogen-bond donors (Lipinski definition) is 1. The predicted molar refractivity (Wildman–Crippen MR) is 49.4 cm³/mol. The van der Waals surface area contributed by atoms with Gasteiger partial charge in [-0.2, -0.15) is 0 Å². The molecule has 0 aromatic rings. The van der Waals surface area contributed by atoms with Gasteiger partial charge in [-0.3, -0.25) is 4.79 Å². The molecule has 0 radical (unpaired) electrons. The standard InChI is InChI=1S/C8H15NO2.ClH/c1-8(2,7(10)11-3)6-4-9-5-6;/h6,9H,4-5H2,1-3H3;1H. The number of carbonyl (C=O) groups is 1. The highest BCUT2D eigenvalue weighted by Crippen LogP contribution is 2.30. The second-order valence-corrected chi connectivity index (χ2v) is 3.57. The van der Waals surface area contributed by atoms with Crippen molar-refractivity contribution in [3.63, 3.8) is 0 Å². The molecule has 1 rings (SSSR count). The SMILES string of the molecule is COC(=O)C(C)(C)C1CNC1.Cl. The molecule has 1 aliphatic heterocycles. The van der Waals surface area contributed by atoms with E-state index in [4.69, 9.17) is 4.74 Å². The molecule has 0 bridgehead atoms. The number of methoxy groups -OCH3 is 1. The third kappa shape index (κ3) is 1.90. The van der Waals surface area contributed by atoms with Crippen molar-refractivity contribution in [1.29, 1.82) is 0 Å². The molecular formula is C8H16ClNO2. The fourth-order valence-electron chi connectivity index (χ4n) is 1.23. The van der Waals surface area contributed by atoms with Gasteiger partial charge in [-0.25, -0.2) is 0 Å². The molecule has 0 saturated carbocycles. The number of halogens is 1. The largest absolute Gasteiger partial charge is 0.469 e. The molecule has 3 nitrogen and oxygen atoms in total. The molecular weight excluding hydrogens is 178 g/mol. The van der Waals surface area contributed by atoms with Gasteiger partial charge in [0.2, 0.25) is 0 Å². The molecule has 0 atom stereocenters. The molecule has 12 heavy (non-hydrogen) atoms. The van der Waals surface area contributed by atoms with Crippen LogP contribution in [0, 0.1) is 11.3 Å². The summed E-state index contributed by atoms with van der Waals surface area (Å²) in [7, 11) is 1.44. The number of hydrogen-bond acceptors (Lipinski definition) is 3. The molecule has 1 aliphatic rings. The number of rotatable bonds is 2. The van der Waals surface area contributed by atoms with Gasteiger partial charge in [0.05, 0.1) is 12.5 Å². The first-order valence-electron chi connectivity index (χ1n) is 3.88. The van der Waals surface area contributed by atoms with E-state index in [2.05, 4.69) is 5.32 Å². The average Bonchev–Trinajstić information content (AvgIpc) is 1.81. The van der Waals surface area contributed by atoms with E-state index in [-0.39, 0.29) is 23.8 Å². The van der Waals surface area contributed by atoms with E-state index in [1.807, 2.05) is 13.8 Å². The first-order valence-corrected chi connectivity index (χ1v) is 3.88. The zero-order valence-corrected chi connectivity index (χ0v) is 8.53. The van der Waals surface area contributed by atoms with Gasteiger partial charge in [-0.05, 0) is 19.8 Å². The van der Waals surface area contributed by atoms with E-state index in [0.29, 0.717) is 5.92 Å². The van der Waals surface area contributed by atoms with Crippen molar-refractivity contribution in [1.82, 2.24) is 5.32 Å². The minimum atomic E-state index is -0.319. The molecule has 72 valence electrons. The van der Waals surface area contributed by atoms with Crippen molar-refractivity contribution in [3.8, 4) is 0 Å². The van der Waals surface area contributed by atoms with Gasteiger partial charge < -0.3 is 10.1 Å². The number of esters is 1. The van der Waals surface area contributed by atoms with E-state index in [9.17, 15) is 4.79 Å². The summed E-state index contributed by atoms with van der Waals surface area (Å²) in [5, 5.41) is 3.14. The van der Waals surface area contributed by atoms with Crippen molar-refractivity contribution in [3.05, 3.63) is 0 Å². The van der Waals surface area contributed by atoms with Crippen LogP contribution in [0.25, 0.3) is 0 Å². The molecule has 0 aromatic heterocycles. The van der Waals surface area contributed by atoms with Crippen molar-refractivity contribution in [2.75, 3.05) is 20.2 Å². The second kappa shape index (κ2) is 4.10. The minimum absolute atomic E-state index is 0. The van der Waals surface area contributed by atoms with Crippen molar-refractivity contribution in [2.45, 2.75) is 13.8 Å². The molecule has 0 aromatic carbocycles. The zero-order chi connectivity index (χ0) is 8.48. The molecule has 1 heterocycles. The summed E-state index contributed by atoms with van der Waals surface area (Å²) in [6.07, 6.45) is 0. The Labute approximate surface area is 79.3 Å². The molecule has 1 fully saturated rings. The van der Waals surface area contributed by atoms with E-state index in [1.54, 1.807) is 0 Å².